The Morgan fingerprint density at radius 3 is 2.80 bits per heavy atom. The molecule has 1 aliphatic carbocycles. The lowest BCUT2D eigenvalue weighted by molar-refractivity contribution is 0.887. The highest BCUT2D eigenvalue weighted by atomic mass is 32.1. The number of nitrogens with zero attached hydrogens (tertiary/aromatic N) is 3. The van der Waals surface area contributed by atoms with Crippen molar-refractivity contribution in [1.82, 2.24) is 9.97 Å². The van der Waals surface area contributed by atoms with E-state index in [1.807, 2.05) is 31.4 Å². The van der Waals surface area contributed by atoms with Gasteiger partial charge in [0.15, 0.2) is 5.13 Å². The number of thiazole rings is 1. The van der Waals surface area contributed by atoms with E-state index in [1.165, 1.54) is 12.8 Å². The van der Waals surface area contributed by atoms with E-state index in [2.05, 4.69) is 15.3 Å². The van der Waals surface area contributed by atoms with Crippen LogP contribution in [0.1, 0.15) is 32.4 Å². The van der Waals surface area contributed by atoms with Gasteiger partial charge in [-0.25, -0.2) is 9.97 Å². The van der Waals surface area contributed by atoms with Crippen LogP contribution in [0.2, 0.25) is 0 Å². The molecule has 20 heavy (non-hydrogen) atoms. The number of aromatic nitrogens is 2. The quantitative estimate of drug-likeness (QED) is 0.925. The molecule has 0 saturated heterocycles. The molecule has 2 aromatic rings. The molecule has 0 unspecified atom stereocenters. The van der Waals surface area contributed by atoms with E-state index in [0.717, 1.165) is 28.9 Å². The van der Waals surface area contributed by atoms with Gasteiger partial charge in [0.05, 0.1) is 5.69 Å². The summed E-state index contributed by atoms with van der Waals surface area (Å²) in [5, 5.41) is 15.0. The Morgan fingerprint density at radius 2 is 2.20 bits per heavy atom. The molecule has 0 atom stereocenters. The SMILES string of the molecule is CC.N#Cc1ccc(-c2csc(NCC3CC3)n2)cn1. The highest BCUT2D eigenvalue weighted by molar-refractivity contribution is 7.14. The first-order chi connectivity index (χ1) is 9.85. The first kappa shape index (κ1) is 14.5. The van der Waals surface area contributed by atoms with Crippen molar-refractivity contribution in [1.29, 1.82) is 5.26 Å². The molecular weight excluding hydrogens is 268 g/mol. The van der Waals surface area contributed by atoms with Crippen LogP contribution in [0.3, 0.4) is 0 Å². The number of anilines is 1. The number of nitrogens with one attached hydrogen (secondary N) is 1. The molecule has 0 aliphatic heterocycles. The highest BCUT2D eigenvalue weighted by Crippen LogP contribution is 2.30. The molecule has 5 heteroatoms. The zero-order chi connectivity index (χ0) is 14.4. The molecule has 4 nitrogen and oxygen atoms in total. The van der Waals surface area contributed by atoms with Crippen molar-refractivity contribution in [2.45, 2.75) is 26.7 Å². The first-order valence-corrected chi connectivity index (χ1v) is 7.79. The summed E-state index contributed by atoms with van der Waals surface area (Å²) >= 11 is 1.61. The van der Waals surface area contributed by atoms with Crippen LogP contribution in [0, 0.1) is 17.2 Å². The molecule has 0 radical (unpaired) electrons. The molecule has 104 valence electrons. The number of rotatable bonds is 4. The molecule has 3 rings (SSSR count). The third-order valence-electron chi connectivity index (χ3n) is 2.92. The standard InChI is InChI=1S/C13H12N4S.C2H6/c14-5-11-4-3-10(7-15-11)12-8-18-13(17-12)16-6-9-1-2-9;1-2/h3-4,7-9H,1-2,6H2,(H,16,17);1-2H3. The predicted molar refractivity (Wildman–Crippen MR) is 82.6 cm³/mol. The summed E-state index contributed by atoms with van der Waals surface area (Å²) in [7, 11) is 0. The van der Waals surface area contributed by atoms with Crippen LogP contribution in [-0.4, -0.2) is 16.5 Å². The van der Waals surface area contributed by atoms with Gasteiger partial charge in [0.1, 0.15) is 11.8 Å². The summed E-state index contributed by atoms with van der Waals surface area (Å²) in [6, 6.07) is 5.60. The molecule has 0 amide bonds. The fraction of sp³-hybridized carbons (Fsp3) is 0.400. The lowest BCUT2D eigenvalue weighted by Gasteiger charge is -1.99. The minimum absolute atomic E-state index is 0.432. The van der Waals surface area contributed by atoms with Crippen LogP contribution >= 0.6 is 11.3 Å². The maximum Gasteiger partial charge on any atom is 0.183 e. The molecule has 0 aromatic carbocycles. The van der Waals surface area contributed by atoms with Crippen molar-refractivity contribution in [2.24, 2.45) is 5.92 Å². The average molecular weight is 286 g/mol. The second-order valence-electron chi connectivity index (χ2n) is 4.41. The minimum atomic E-state index is 0.432. The summed E-state index contributed by atoms with van der Waals surface area (Å²) in [6.07, 6.45) is 4.37. The molecular formula is C15H18N4S. The van der Waals surface area contributed by atoms with Crippen LogP contribution in [0.4, 0.5) is 5.13 Å². The first-order valence-electron chi connectivity index (χ1n) is 6.91. The van der Waals surface area contributed by atoms with Gasteiger partial charge in [-0.05, 0) is 30.9 Å². The fourth-order valence-electron chi connectivity index (χ4n) is 1.65. The maximum absolute atomic E-state index is 8.69. The Kier molecular flexibility index (Phi) is 5.08. The second-order valence-corrected chi connectivity index (χ2v) is 5.26. The summed E-state index contributed by atoms with van der Waals surface area (Å²) in [5.41, 5.74) is 2.29. The minimum Gasteiger partial charge on any atom is -0.361 e. The lowest BCUT2D eigenvalue weighted by Crippen LogP contribution is -2.02. The number of hydrogen-bond donors (Lipinski definition) is 1. The average Bonchev–Trinajstić information content (AvgIpc) is 3.24. The third kappa shape index (κ3) is 3.78. The lowest BCUT2D eigenvalue weighted by atomic mass is 10.2. The Morgan fingerprint density at radius 1 is 1.40 bits per heavy atom. The zero-order valence-corrected chi connectivity index (χ0v) is 12.6. The van der Waals surface area contributed by atoms with Gasteiger partial charge in [-0.15, -0.1) is 11.3 Å². The van der Waals surface area contributed by atoms with E-state index in [9.17, 15) is 0 Å². The van der Waals surface area contributed by atoms with E-state index in [4.69, 9.17) is 5.26 Å². The van der Waals surface area contributed by atoms with E-state index in [0.29, 0.717) is 5.69 Å². The molecule has 1 aliphatic rings. The van der Waals surface area contributed by atoms with E-state index in [1.54, 1.807) is 23.6 Å². The molecule has 2 heterocycles. The van der Waals surface area contributed by atoms with Crippen molar-refractivity contribution in [2.75, 3.05) is 11.9 Å². The molecule has 1 fully saturated rings. The molecule has 1 N–H and O–H groups in total. The van der Waals surface area contributed by atoms with Gasteiger partial charge < -0.3 is 5.32 Å². The summed E-state index contributed by atoms with van der Waals surface area (Å²) in [4.78, 5) is 8.57. The van der Waals surface area contributed by atoms with Gasteiger partial charge in [0, 0.05) is 23.7 Å². The summed E-state index contributed by atoms with van der Waals surface area (Å²) < 4.78 is 0. The number of pyridine rings is 1. The van der Waals surface area contributed by atoms with Crippen LogP contribution in [-0.2, 0) is 0 Å². The highest BCUT2D eigenvalue weighted by Gasteiger charge is 2.21. The van der Waals surface area contributed by atoms with Gasteiger partial charge in [-0.3, -0.25) is 0 Å². The van der Waals surface area contributed by atoms with Gasteiger partial charge in [-0.2, -0.15) is 5.26 Å². The van der Waals surface area contributed by atoms with E-state index < -0.39 is 0 Å². The second kappa shape index (κ2) is 7.01. The fourth-order valence-corrected chi connectivity index (χ4v) is 2.38. The van der Waals surface area contributed by atoms with E-state index >= 15 is 0 Å². The third-order valence-corrected chi connectivity index (χ3v) is 3.72. The van der Waals surface area contributed by atoms with Crippen LogP contribution in [0.5, 0.6) is 0 Å². The summed E-state index contributed by atoms with van der Waals surface area (Å²) in [6.45, 7) is 5.03. The van der Waals surface area contributed by atoms with E-state index in [-0.39, 0.29) is 0 Å². The Hall–Kier alpha value is -1.93. The predicted octanol–water partition coefficient (Wildman–Crippen LogP) is 3.92. The van der Waals surface area contributed by atoms with Gasteiger partial charge in [0.25, 0.3) is 0 Å². The Balaban J connectivity index is 0.000000704. The molecule has 0 bridgehead atoms. The van der Waals surface area contributed by atoms with Crippen LogP contribution < -0.4 is 5.32 Å². The zero-order valence-electron chi connectivity index (χ0n) is 11.8. The normalized spacial score (nSPS) is 13.1. The number of nitriles is 1. The Bertz CT molecular complexity index is 579. The molecule has 1 saturated carbocycles. The van der Waals surface area contributed by atoms with Crippen molar-refractivity contribution in [3.8, 4) is 17.3 Å². The largest absolute Gasteiger partial charge is 0.361 e. The van der Waals surface area contributed by atoms with Gasteiger partial charge >= 0.3 is 0 Å². The van der Waals surface area contributed by atoms with Crippen molar-refractivity contribution in [3.63, 3.8) is 0 Å². The van der Waals surface area contributed by atoms with Crippen molar-refractivity contribution < 1.29 is 0 Å². The molecule has 0 spiro atoms. The summed E-state index contributed by atoms with van der Waals surface area (Å²) in [5.74, 6) is 0.842. The van der Waals surface area contributed by atoms with Crippen molar-refractivity contribution >= 4 is 16.5 Å². The van der Waals surface area contributed by atoms with Crippen molar-refractivity contribution in [3.05, 3.63) is 29.4 Å². The Labute approximate surface area is 123 Å². The van der Waals surface area contributed by atoms with Gasteiger partial charge in [-0.1, -0.05) is 13.8 Å². The number of hydrogen-bond acceptors (Lipinski definition) is 5. The molecule has 2 aromatic heterocycles. The monoisotopic (exact) mass is 286 g/mol. The smallest absolute Gasteiger partial charge is 0.183 e. The van der Waals surface area contributed by atoms with Crippen LogP contribution in [0.25, 0.3) is 11.3 Å². The maximum atomic E-state index is 8.69. The van der Waals surface area contributed by atoms with Gasteiger partial charge in [0.2, 0.25) is 0 Å². The topological polar surface area (TPSA) is 61.6 Å². The van der Waals surface area contributed by atoms with Crippen LogP contribution in [0.15, 0.2) is 23.7 Å².